The van der Waals surface area contributed by atoms with Gasteiger partial charge in [-0.1, -0.05) is 23.2 Å². The highest BCUT2D eigenvalue weighted by atomic mass is 35.5. The van der Waals surface area contributed by atoms with Crippen LogP contribution >= 0.6 is 23.2 Å². The highest BCUT2D eigenvalue weighted by molar-refractivity contribution is 6.35. The van der Waals surface area contributed by atoms with Crippen molar-refractivity contribution in [1.82, 2.24) is 38.9 Å². The van der Waals surface area contributed by atoms with Crippen molar-refractivity contribution >= 4 is 46.3 Å². The van der Waals surface area contributed by atoms with E-state index in [-0.39, 0.29) is 37.1 Å². The summed E-state index contributed by atoms with van der Waals surface area (Å²) in [5.41, 5.74) is 3.61. The number of aromatic carboxylic acids is 1. The molecule has 6 aromatic rings. The van der Waals surface area contributed by atoms with Gasteiger partial charge in [0.25, 0.3) is 0 Å². The summed E-state index contributed by atoms with van der Waals surface area (Å²) in [6.45, 7) is 12.4. The number of rotatable bonds is 14. The molecule has 18 heteroatoms. The number of nitrogens with zero attached hydrogens (tertiary/aromatic N) is 8. The van der Waals surface area contributed by atoms with Gasteiger partial charge in [0.1, 0.15) is 47.5 Å². The van der Waals surface area contributed by atoms with Crippen molar-refractivity contribution < 1.29 is 38.7 Å². The first-order chi connectivity index (χ1) is 30.7. The third-order valence-electron chi connectivity index (χ3n) is 10.5. The Hall–Kier alpha value is -5.94. The molecule has 2 atom stereocenters. The zero-order valence-electron chi connectivity index (χ0n) is 36.2. The molecule has 2 aliphatic heterocycles. The lowest BCUT2D eigenvalue weighted by Gasteiger charge is -2.24. The molecule has 2 aromatic carbocycles. The van der Waals surface area contributed by atoms with E-state index >= 15 is 0 Å². The van der Waals surface area contributed by atoms with Crippen molar-refractivity contribution in [2.45, 2.75) is 91.2 Å². The number of aromatic nitrogens is 6. The molecule has 338 valence electrons. The number of benzene rings is 2. The van der Waals surface area contributed by atoms with E-state index in [1.165, 1.54) is 0 Å². The summed E-state index contributed by atoms with van der Waals surface area (Å²) >= 11 is 12.2. The van der Waals surface area contributed by atoms with Crippen LogP contribution in [0.5, 0.6) is 17.2 Å². The van der Waals surface area contributed by atoms with Gasteiger partial charge in [0.05, 0.1) is 71.3 Å². The number of carbonyl (C=O) groups is 2. The summed E-state index contributed by atoms with van der Waals surface area (Å²) < 4.78 is 27.5. The molecule has 2 aliphatic rings. The fourth-order valence-electron chi connectivity index (χ4n) is 7.44. The number of carbonyl (C=O) groups excluding carboxylic acids is 1. The molecule has 0 radical (unpaired) electrons. The second-order valence-electron chi connectivity index (χ2n) is 16.5. The Labute approximate surface area is 381 Å². The molecule has 64 heavy (non-hydrogen) atoms. The van der Waals surface area contributed by atoms with Gasteiger partial charge in [-0.3, -0.25) is 14.9 Å². The number of carboxylic acids is 1. The number of aliphatic hydroxyl groups excluding tert-OH is 1. The van der Waals surface area contributed by atoms with Crippen LogP contribution in [0.25, 0.3) is 11.0 Å². The molecule has 0 saturated carbocycles. The number of fused-ring (bicyclic) bond motifs is 1. The van der Waals surface area contributed by atoms with Crippen LogP contribution < -0.4 is 14.2 Å². The van der Waals surface area contributed by atoms with Crippen molar-refractivity contribution in [2.24, 2.45) is 0 Å². The number of amides is 1. The van der Waals surface area contributed by atoms with Crippen molar-refractivity contribution in [3.05, 3.63) is 124 Å². The number of likely N-dealkylation sites (tertiary alicyclic amines) is 2. The Kier molecular flexibility index (Phi) is 14.9. The van der Waals surface area contributed by atoms with Crippen molar-refractivity contribution in [2.75, 3.05) is 26.2 Å². The smallest absolute Gasteiger partial charge is 0.410 e. The number of halogens is 2. The second-order valence-corrected chi connectivity index (χ2v) is 17.3. The molecule has 4 aromatic heterocycles. The van der Waals surface area contributed by atoms with Crippen LogP contribution in [0.3, 0.4) is 0 Å². The number of aliphatic hydroxyl groups is 1. The number of imidazole rings is 2. The van der Waals surface area contributed by atoms with Gasteiger partial charge in [-0.05, 0) is 82.6 Å². The van der Waals surface area contributed by atoms with Gasteiger partial charge in [0.2, 0.25) is 0 Å². The van der Waals surface area contributed by atoms with Crippen LogP contribution in [0, 0.1) is 0 Å². The van der Waals surface area contributed by atoms with Crippen LogP contribution in [0.15, 0.2) is 85.6 Å². The Morgan fingerprint density at radius 1 is 0.875 bits per heavy atom. The first kappa shape index (κ1) is 46.1. The highest BCUT2D eigenvalue weighted by Gasteiger charge is 2.31. The Morgan fingerprint density at radius 3 is 2.30 bits per heavy atom. The minimum Gasteiger partial charge on any atom is -0.489 e. The number of carboxylic acid groups (broad SMARTS) is 1. The molecule has 0 spiro atoms. The summed E-state index contributed by atoms with van der Waals surface area (Å²) in [4.78, 5) is 45.3. The van der Waals surface area contributed by atoms with Gasteiger partial charge in [-0.2, -0.15) is 0 Å². The van der Waals surface area contributed by atoms with E-state index in [2.05, 4.69) is 35.9 Å². The zero-order valence-corrected chi connectivity index (χ0v) is 37.7. The van der Waals surface area contributed by atoms with Gasteiger partial charge in [-0.25, -0.2) is 19.6 Å². The number of hydrogen-bond donors (Lipinski definition) is 2. The Bertz CT molecular complexity index is 2560. The summed E-state index contributed by atoms with van der Waals surface area (Å²) in [5.74, 6) is 1.82. The first-order valence-electron chi connectivity index (χ1n) is 21.1. The minimum atomic E-state index is -0.964. The maximum absolute atomic E-state index is 12.0. The molecule has 0 aliphatic carbocycles. The normalized spacial score (nSPS) is 16.4. The predicted octanol–water partition coefficient (Wildman–Crippen LogP) is 7.90. The molecule has 0 unspecified atom stereocenters. The number of pyridine rings is 2. The van der Waals surface area contributed by atoms with Gasteiger partial charge in [-0.15, -0.1) is 0 Å². The molecule has 2 saturated heterocycles. The lowest BCUT2D eigenvalue weighted by atomic mass is 10.2. The number of aryl methyl sites for hydroxylation is 1. The summed E-state index contributed by atoms with van der Waals surface area (Å²) in [5, 5.41) is 19.6. The average molecular weight is 916 g/mol. The van der Waals surface area contributed by atoms with Gasteiger partial charge in [0, 0.05) is 68.3 Å². The maximum atomic E-state index is 12.0. The van der Waals surface area contributed by atoms with E-state index < -0.39 is 11.6 Å². The summed E-state index contributed by atoms with van der Waals surface area (Å²) in [7, 11) is 0. The molecule has 16 nitrogen and oxygen atoms in total. The largest absolute Gasteiger partial charge is 0.489 e. The van der Waals surface area contributed by atoms with Crippen molar-refractivity contribution in [3.63, 3.8) is 0 Å². The molecule has 8 rings (SSSR count). The molecular formula is C46H52Cl2N8O8. The van der Waals surface area contributed by atoms with Crippen LogP contribution in [0.1, 0.15) is 73.8 Å². The van der Waals surface area contributed by atoms with Crippen LogP contribution in [-0.2, 0) is 37.6 Å². The average Bonchev–Trinajstić information content (AvgIpc) is 4.09. The zero-order chi connectivity index (χ0) is 45.4. The summed E-state index contributed by atoms with van der Waals surface area (Å²) in [6.07, 6.45) is 8.21. The molecular weight excluding hydrogens is 863 g/mol. The van der Waals surface area contributed by atoms with Gasteiger partial charge < -0.3 is 43.2 Å². The first-order valence-corrected chi connectivity index (χ1v) is 21.8. The van der Waals surface area contributed by atoms with Crippen LogP contribution in [0.2, 0.25) is 10.0 Å². The number of ether oxygens (including phenoxy) is 4. The lowest BCUT2D eigenvalue weighted by Crippen LogP contribution is -2.36. The third kappa shape index (κ3) is 12.2. The molecule has 6 heterocycles. The molecule has 2 N–H and O–H groups in total. The van der Waals surface area contributed by atoms with E-state index in [1.807, 2.05) is 45.4 Å². The standard InChI is InChI=1S/C31H30Cl2N6O4.C15H22N2O4/c1-2-38-19-34-14-23(38)15-39-28-11-20(31(40)41)3-5-27(28)36-30(39)17-37-10-8-25(16-37)43-24-7-9-35-22(13-24)18-42-29-6-4-21(32)12-26(29)33;1-15(2,3)21-14(19)17-7-5-13(9-17)20-12-4-6-16-11(8-12)10-18/h3-7,9,11-14,19,25H,2,8,10,15-18H2,1H3,(H,40,41);4,6,8,13,18H,5,7,9-10H2,1-3H3/t25-;13-/m00/s1. The van der Waals surface area contributed by atoms with Gasteiger partial charge in [0.15, 0.2) is 0 Å². The van der Waals surface area contributed by atoms with Crippen LogP contribution in [0.4, 0.5) is 4.79 Å². The highest BCUT2D eigenvalue weighted by Crippen LogP contribution is 2.29. The van der Waals surface area contributed by atoms with E-state index in [4.69, 9.17) is 52.2 Å². The third-order valence-corrected chi connectivity index (χ3v) is 11.1. The SMILES string of the molecule is CC(C)(C)OC(=O)N1CC[C@H](Oc2ccnc(CO)c2)C1.CCn1cncc1Cn1c(CN2CC[C@H](Oc3ccnc(COc4ccc(Cl)cc4Cl)c3)C2)nc2ccc(C(=O)O)cc21. The topological polar surface area (TPSA) is 179 Å². The van der Waals surface area contributed by atoms with Crippen LogP contribution in [-0.4, -0.2) is 105 Å². The van der Waals surface area contributed by atoms with Gasteiger partial charge >= 0.3 is 12.1 Å². The van der Waals surface area contributed by atoms with Crippen molar-refractivity contribution in [1.29, 1.82) is 0 Å². The number of hydrogen-bond acceptors (Lipinski definition) is 12. The molecule has 0 bridgehead atoms. The Morgan fingerprint density at radius 2 is 1.59 bits per heavy atom. The molecule has 1 amide bonds. The Balaban J connectivity index is 0.000000245. The minimum absolute atomic E-state index is 0.000146. The summed E-state index contributed by atoms with van der Waals surface area (Å²) in [6, 6.07) is 17.3. The predicted molar refractivity (Wildman–Crippen MR) is 240 cm³/mol. The van der Waals surface area contributed by atoms with E-state index in [1.54, 1.807) is 65.8 Å². The van der Waals surface area contributed by atoms with E-state index in [0.29, 0.717) is 53.4 Å². The monoisotopic (exact) mass is 914 g/mol. The maximum Gasteiger partial charge on any atom is 0.410 e. The van der Waals surface area contributed by atoms with Crippen molar-refractivity contribution in [3.8, 4) is 17.2 Å². The van der Waals surface area contributed by atoms with E-state index in [0.717, 1.165) is 66.5 Å². The quantitative estimate of drug-likeness (QED) is 0.108. The molecule has 2 fully saturated rings. The second kappa shape index (κ2) is 20.7. The van der Waals surface area contributed by atoms with E-state index in [9.17, 15) is 14.7 Å². The fraction of sp³-hybridized carbons (Fsp3) is 0.391. The lowest BCUT2D eigenvalue weighted by molar-refractivity contribution is 0.0275. The fourth-order valence-corrected chi connectivity index (χ4v) is 7.90.